The summed E-state index contributed by atoms with van der Waals surface area (Å²) < 4.78 is 5.42. The Balaban J connectivity index is 3.37. The zero-order chi connectivity index (χ0) is 13.7. The summed E-state index contributed by atoms with van der Waals surface area (Å²) in [6, 6.07) is 1.36. The van der Waals surface area contributed by atoms with Gasteiger partial charge in [0.1, 0.15) is 11.3 Å². The van der Waals surface area contributed by atoms with Crippen molar-refractivity contribution in [2.24, 2.45) is 0 Å². The molecule has 1 rings (SSSR count). The summed E-state index contributed by atoms with van der Waals surface area (Å²) in [5.74, 6) is -2.23. The summed E-state index contributed by atoms with van der Waals surface area (Å²) in [4.78, 5) is 11.2. The van der Waals surface area contributed by atoms with Gasteiger partial charge in [-0.3, -0.25) is 0 Å². The lowest BCUT2D eigenvalue weighted by Gasteiger charge is -2.15. The van der Waals surface area contributed by atoms with Crippen LogP contribution < -0.4 is 4.74 Å². The number of carbonyl (C=O) groups is 1. The van der Waals surface area contributed by atoms with Crippen LogP contribution in [0.5, 0.6) is 17.2 Å². The lowest BCUT2D eigenvalue weighted by Crippen LogP contribution is -2.07. The zero-order valence-corrected chi connectivity index (χ0v) is 10.6. The highest BCUT2D eigenvalue weighted by Crippen LogP contribution is 2.39. The van der Waals surface area contributed by atoms with E-state index in [1.165, 1.54) is 6.07 Å². The van der Waals surface area contributed by atoms with Crippen molar-refractivity contribution in [2.45, 2.75) is 33.1 Å². The van der Waals surface area contributed by atoms with Crippen LogP contribution in [0.4, 0.5) is 0 Å². The van der Waals surface area contributed by atoms with E-state index < -0.39 is 17.5 Å². The summed E-state index contributed by atoms with van der Waals surface area (Å²) in [6.07, 6.45) is 2.09. The van der Waals surface area contributed by atoms with E-state index in [1.54, 1.807) is 0 Å². The third kappa shape index (κ3) is 2.85. The normalized spacial score (nSPS) is 10.3. The van der Waals surface area contributed by atoms with Gasteiger partial charge in [-0.2, -0.15) is 0 Å². The Kier molecular flexibility index (Phi) is 4.83. The average Bonchev–Trinajstić information content (AvgIpc) is 2.31. The van der Waals surface area contributed by atoms with Crippen molar-refractivity contribution >= 4 is 5.97 Å². The van der Waals surface area contributed by atoms with Crippen molar-refractivity contribution in [3.8, 4) is 17.2 Å². The molecule has 0 saturated heterocycles. The molecule has 0 aliphatic rings. The minimum absolute atomic E-state index is 0.154. The van der Waals surface area contributed by atoms with E-state index in [-0.39, 0.29) is 11.3 Å². The number of aromatic hydroxyl groups is 2. The first-order valence-corrected chi connectivity index (χ1v) is 5.96. The number of aryl methyl sites for hydroxylation is 1. The molecule has 1 aromatic carbocycles. The van der Waals surface area contributed by atoms with Gasteiger partial charge >= 0.3 is 5.97 Å². The number of benzene rings is 1. The maximum atomic E-state index is 11.2. The van der Waals surface area contributed by atoms with Gasteiger partial charge in [-0.15, -0.1) is 0 Å². The van der Waals surface area contributed by atoms with Gasteiger partial charge < -0.3 is 20.1 Å². The standard InChI is InChI=1S/C13H18O5/c1-3-5-8-7-9(14)11(15)10(13(16)17)12(8)18-6-4-2/h7,14-15H,3-6H2,1-2H3,(H,16,17). The molecule has 0 atom stereocenters. The number of hydrogen-bond donors (Lipinski definition) is 3. The molecule has 0 fully saturated rings. The molecule has 0 unspecified atom stereocenters. The van der Waals surface area contributed by atoms with E-state index in [0.29, 0.717) is 18.6 Å². The van der Waals surface area contributed by atoms with Gasteiger partial charge in [0.05, 0.1) is 6.61 Å². The summed E-state index contributed by atoms with van der Waals surface area (Å²) in [5, 5.41) is 28.3. The molecule has 0 amide bonds. The molecule has 3 N–H and O–H groups in total. The summed E-state index contributed by atoms with van der Waals surface area (Å²) in [7, 11) is 0. The van der Waals surface area contributed by atoms with Crippen molar-refractivity contribution in [1.29, 1.82) is 0 Å². The highest BCUT2D eigenvalue weighted by Gasteiger charge is 2.23. The van der Waals surface area contributed by atoms with Crippen LogP contribution in [0.15, 0.2) is 6.07 Å². The summed E-state index contributed by atoms with van der Waals surface area (Å²) in [6.45, 7) is 4.20. The Morgan fingerprint density at radius 2 is 1.94 bits per heavy atom. The Labute approximate surface area is 106 Å². The van der Waals surface area contributed by atoms with Gasteiger partial charge in [-0.05, 0) is 24.5 Å². The topological polar surface area (TPSA) is 87.0 Å². The molecule has 100 valence electrons. The minimum atomic E-state index is -1.31. The molecule has 1 aromatic rings. The molecule has 0 bridgehead atoms. The first kappa shape index (κ1) is 14.2. The largest absolute Gasteiger partial charge is 0.504 e. The monoisotopic (exact) mass is 254 g/mol. The second-order valence-corrected chi connectivity index (χ2v) is 4.01. The van der Waals surface area contributed by atoms with Crippen molar-refractivity contribution in [1.82, 2.24) is 0 Å². The lowest BCUT2D eigenvalue weighted by atomic mass is 10.0. The highest BCUT2D eigenvalue weighted by molar-refractivity contribution is 5.95. The molecule has 0 aromatic heterocycles. The molecule has 0 saturated carbocycles. The number of hydrogen-bond acceptors (Lipinski definition) is 4. The van der Waals surface area contributed by atoms with E-state index in [0.717, 1.165) is 12.8 Å². The van der Waals surface area contributed by atoms with Crippen LogP contribution >= 0.6 is 0 Å². The maximum Gasteiger partial charge on any atom is 0.343 e. The number of aromatic carboxylic acids is 1. The second-order valence-electron chi connectivity index (χ2n) is 4.01. The van der Waals surface area contributed by atoms with Crippen LogP contribution in [0.3, 0.4) is 0 Å². The molecular weight excluding hydrogens is 236 g/mol. The van der Waals surface area contributed by atoms with E-state index >= 15 is 0 Å². The highest BCUT2D eigenvalue weighted by atomic mass is 16.5. The van der Waals surface area contributed by atoms with Crippen LogP contribution in [0.25, 0.3) is 0 Å². The molecule has 18 heavy (non-hydrogen) atoms. The van der Waals surface area contributed by atoms with Gasteiger partial charge in [0, 0.05) is 0 Å². The molecule has 0 aliphatic carbocycles. The number of ether oxygens (including phenoxy) is 1. The fourth-order valence-electron chi connectivity index (χ4n) is 1.72. The van der Waals surface area contributed by atoms with Crippen LogP contribution in [0.2, 0.25) is 0 Å². The third-order valence-electron chi connectivity index (χ3n) is 2.49. The molecule has 0 radical (unpaired) electrons. The van der Waals surface area contributed by atoms with Gasteiger partial charge in [0.25, 0.3) is 0 Å². The number of carboxylic acid groups (broad SMARTS) is 1. The maximum absolute atomic E-state index is 11.2. The fraction of sp³-hybridized carbons (Fsp3) is 0.462. The third-order valence-corrected chi connectivity index (χ3v) is 2.49. The zero-order valence-electron chi connectivity index (χ0n) is 10.6. The number of carboxylic acids is 1. The number of phenolic OH excluding ortho intramolecular Hbond substituents is 1. The summed E-state index contributed by atoms with van der Waals surface area (Å²) >= 11 is 0. The Hall–Kier alpha value is -1.91. The predicted octanol–water partition coefficient (Wildman–Crippen LogP) is 2.54. The smallest absolute Gasteiger partial charge is 0.343 e. The quantitative estimate of drug-likeness (QED) is 0.679. The molecular formula is C13H18O5. The van der Waals surface area contributed by atoms with E-state index in [4.69, 9.17) is 9.84 Å². The Morgan fingerprint density at radius 1 is 1.28 bits per heavy atom. The van der Waals surface area contributed by atoms with Crippen LogP contribution in [0, 0.1) is 0 Å². The van der Waals surface area contributed by atoms with Crippen LogP contribution in [0.1, 0.15) is 42.6 Å². The fourth-order valence-corrected chi connectivity index (χ4v) is 1.72. The van der Waals surface area contributed by atoms with E-state index in [1.807, 2.05) is 13.8 Å². The Bertz CT molecular complexity index is 439. The van der Waals surface area contributed by atoms with Gasteiger partial charge in [-0.25, -0.2) is 4.79 Å². The van der Waals surface area contributed by atoms with E-state index in [9.17, 15) is 15.0 Å². The lowest BCUT2D eigenvalue weighted by molar-refractivity contribution is 0.0687. The van der Waals surface area contributed by atoms with Gasteiger partial charge in [0.15, 0.2) is 11.5 Å². The van der Waals surface area contributed by atoms with Crippen molar-refractivity contribution in [3.05, 3.63) is 17.2 Å². The average molecular weight is 254 g/mol. The molecule has 5 heteroatoms. The molecule has 0 heterocycles. The van der Waals surface area contributed by atoms with Crippen molar-refractivity contribution < 1.29 is 24.9 Å². The predicted molar refractivity (Wildman–Crippen MR) is 66.5 cm³/mol. The minimum Gasteiger partial charge on any atom is -0.504 e. The first-order chi connectivity index (χ1) is 8.52. The SMILES string of the molecule is CCCOc1c(CCC)cc(O)c(O)c1C(=O)O. The van der Waals surface area contributed by atoms with Gasteiger partial charge in [0.2, 0.25) is 0 Å². The molecule has 0 aliphatic heterocycles. The summed E-state index contributed by atoms with van der Waals surface area (Å²) in [5.41, 5.74) is 0.227. The van der Waals surface area contributed by atoms with Crippen LogP contribution in [-0.2, 0) is 6.42 Å². The first-order valence-electron chi connectivity index (χ1n) is 5.96. The second kappa shape index (κ2) is 6.14. The number of phenols is 2. The van der Waals surface area contributed by atoms with Crippen molar-refractivity contribution in [2.75, 3.05) is 6.61 Å². The van der Waals surface area contributed by atoms with E-state index in [2.05, 4.69) is 0 Å². The van der Waals surface area contributed by atoms with Gasteiger partial charge in [-0.1, -0.05) is 20.3 Å². The van der Waals surface area contributed by atoms with Crippen LogP contribution in [-0.4, -0.2) is 27.9 Å². The molecule has 0 spiro atoms. The number of rotatable bonds is 6. The van der Waals surface area contributed by atoms with Crippen molar-refractivity contribution in [3.63, 3.8) is 0 Å². The Morgan fingerprint density at radius 3 is 2.44 bits per heavy atom. The molecule has 5 nitrogen and oxygen atoms in total.